The molecule has 1 atom stereocenters. The average Bonchev–Trinajstić information content (AvgIpc) is 3.11. The number of nitrogens with zero attached hydrogens (tertiary/aromatic N) is 3. The number of aromatic nitrogens is 3. The minimum atomic E-state index is -0.372. The van der Waals surface area contributed by atoms with Crippen molar-refractivity contribution >= 4 is 40.9 Å². The third kappa shape index (κ3) is 5.53. The summed E-state index contributed by atoms with van der Waals surface area (Å²) >= 11 is 14.0. The van der Waals surface area contributed by atoms with E-state index in [1.165, 1.54) is 23.9 Å². The van der Waals surface area contributed by atoms with Crippen LogP contribution in [0, 0.1) is 5.82 Å². The first kappa shape index (κ1) is 22.6. The molecule has 0 saturated heterocycles. The van der Waals surface area contributed by atoms with E-state index >= 15 is 0 Å². The maximum atomic E-state index is 13.2. The summed E-state index contributed by atoms with van der Waals surface area (Å²) in [6.07, 6.45) is 1.19. The van der Waals surface area contributed by atoms with Crippen LogP contribution < -0.4 is 5.32 Å². The van der Waals surface area contributed by atoms with Crippen molar-refractivity contribution in [1.82, 2.24) is 20.1 Å². The first-order valence-electron chi connectivity index (χ1n) is 9.46. The van der Waals surface area contributed by atoms with Gasteiger partial charge in [0.25, 0.3) is 0 Å². The van der Waals surface area contributed by atoms with Gasteiger partial charge < -0.3 is 5.32 Å². The van der Waals surface area contributed by atoms with Crippen LogP contribution in [0.15, 0.2) is 47.6 Å². The first-order valence-corrected chi connectivity index (χ1v) is 11.2. The third-order valence-corrected chi connectivity index (χ3v) is 5.87. The summed E-state index contributed by atoms with van der Waals surface area (Å²) in [5, 5.41) is 13.2. The Morgan fingerprint density at radius 1 is 1.20 bits per heavy atom. The minimum absolute atomic E-state index is 0.0535. The van der Waals surface area contributed by atoms with E-state index in [1.54, 1.807) is 30.3 Å². The summed E-state index contributed by atoms with van der Waals surface area (Å²) in [6, 6.07) is 11.1. The molecule has 3 rings (SSSR count). The van der Waals surface area contributed by atoms with E-state index in [-0.39, 0.29) is 17.8 Å². The second-order valence-corrected chi connectivity index (χ2v) is 8.51. The summed E-state index contributed by atoms with van der Waals surface area (Å²) in [5.41, 5.74) is 1.61. The van der Waals surface area contributed by atoms with E-state index < -0.39 is 0 Å². The Balaban J connectivity index is 1.94. The molecule has 9 heteroatoms. The molecule has 0 aliphatic heterocycles. The van der Waals surface area contributed by atoms with Crippen molar-refractivity contribution in [3.05, 3.63) is 69.7 Å². The van der Waals surface area contributed by atoms with E-state index in [2.05, 4.69) is 15.5 Å². The smallest absolute Gasteiger partial charge is 0.220 e. The maximum absolute atomic E-state index is 13.2. The molecule has 2 aromatic carbocycles. The van der Waals surface area contributed by atoms with Gasteiger partial charge >= 0.3 is 0 Å². The second kappa shape index (κ2) is 10.3. The molecule has 1 amide bonds. The number of hydrogen-bond donors (Lipinski definition) is 1. The number of carbonyl (C=O) groups is 1. The summed E-state index contributed by atoms with van der Waals surface area (Å²) in [5.74, 6) is 0.798. The van der Waals surface area contributed by atoms with Crippen LogP contribution >= 0.6 is 35.0 Å². The lowest BCUT2D eigenvalue weighted by atomic mass is 10.2. The Hall–Kier alpha value is -2.09. The highest BCUT2D eigenvalue weighted by molar-refractivity contribution is 7.98. The van der Waals surface area contributed by atoms with Gasteiger partial charge in [-0.3, -0.25) is 9.36 Å². The van der Waals surface area contributed by atoms with Crippen LogP contribution in [0.4, 0.5) is 4.39 Å². The fourth-order valence-corrected chi connectivity index (χ4v) is 4.28. The number of hydrogen-bond acceptors (Lipinski definition) is 4. The van der Waals surface area contributed by atoms with Crippen LogP contribution in [-0.2, 0) is 10.5 Å². The predicted octanol–water partition coefficient (Wildman–Crippen LogP) is 5.98. The molecule has 30 heavy (non-hydrogen) atoms. The number of rotatable bonds is 8. The van der Waals surface area contributed by atoms with Crippen molar-refractivity contribution in [3.63, 3.8) is 0 Å². The second-order valence-electron chi connectivity index (χ2n) is 6.73. The Bertz CT molecular complexity index is 1030. The highest BCUT2D eigenvalue weighted by atomic mass is 35.5. The SMILES string of the molecule is CCCC(=O)NC(C)c1nnc(SCc2ccc(F)cc2)n1-c1ccc(Cl)cc1Cl. The molecule has 158 valence electrons. The molecule has 5 nitrogen and oxygen atoms in total. The molecule has 1 aromatic heterocycles. The van der Waals surface area contributed by atoms with Crippen LogP contribution in [0.5, 0.6) is 0 Å². The Kier molecular flexibility index (Phi) is 7.75. The van der Waals surface area contributed by atoms with E-state index in [9.17, 15) is 9.18 Å². The number of amides is 1. The maximum Gasteiger partial charge on any atom is 0.220 e. The normalized spacial score (nSPS) is 12.0. The molecule has 1 heterocycles. The van der Waals surface area contributed by atoms with Crippen molar-refractivity contribution < 1.29 is 9.18 Å². The van der Waals surface area contributed by atoms with E-state index in [4.69, 9.17) is 23.2 Å². The van der Waals surface area contributed by atoms with Crippen LogP contribution in [0.1, 0.15) is 44.1 Å². The van der Waals surface area contributed by atoms with Gasteiger partial charge in [-0.1, -0.05) is 54.0 Å². The van der Waals surface area contributed by atoms with Crippen molar-refractivity contribution in [2.45, 2.75) is 43.6 Å². The summed E-state index contributed by atoms with van der Waals surface area (Å²) < 4.78 is 15.0. The highest BCUT2D eigenvalue weighted by Gasteiger charge is 2.22. The predicted molar refractivity (Wildman–Crippen MR) is 119 cm³/mol. The van der Waals surface area contributed by atoms with Gasteiger partial charge in [0.1, 0.15) is 5.82 Å². The van der Waals surface area contributed by atoms with Crippen molar-refractivity contribution in [2.75, 3.05) is 0 Å². The lowest BCUT2D eigenvalue weighted by molar-refractivity contribution is -0.121. The van der Waals surface area contributed by atoms with Gasteiger partial charge in [0.2, 0.25) is 5.91 Å². The van der Waals surface area contributed by atoms with Gasteiger partial charge in [-0.25, -0.2) is 4.39 Å². The summed E-state index contributed by atoms with van der Waals surface area (Å²) in [6.45, 7) is 3.80. The lowest BCUT2D eigenvalue weighted by Gasteiger charge is -2.17. The number of halogens is 3. The number of thioether (sulfide) groups is 1. The molecule has 1 unspecified atom stereocenters. The van der Waals surface area contributed by atoms with Crippen molar-refractivity contribution in [1.29, 1.82) is 0 Å². The van der Waals surface area contributed by atoms with Crippen molar-refractivity contribution in [2.24, 2.45) is 0 Å². The molecule has 0 aliphatic carbocycles. The average molecular weight is 467 g/mol. The van der Waals surface area contributed by atoms with Gasteiger partial charge in [0.15, 0.2) is 11.0 Å². The topological polar surface area (TPSA) is 59.8 Å². The fourth-order valence-electron chi connectivity index (χ4n) is 2.88. The molecule has 0 spiro atoms. The zero-order valence-corrected chi connectivity index (χ0v) is 18.9. The van der Waals surface area contributed by atoms with Gasteiger partial charge in [0.05, 0.1) is 16.8 Å². The quantitative estimate of drug-likeness (QED) is 0.414. The zero-order valence-electron chi connectivity index (χ0n) is 16.5. The van der Waals surface area contributed by atoms with Gasteiger partial charge in [-0.15, -0.1) is 10.2 Å². The Labute approximate surface area is 189 Å². The summed E-state index contributed by atoms with van der Waals surface area (Å²) in [4.78, 5) is 12.1. The molecule has 0 radical (unpaired) electrons. The van der Waals surface area contributed by atoms with E-state index in [0.717, 1.165) is 12.0 Å². The number of carbonyl (C=O) groups excluding carboxylic acids is 1. The van der Waals surface area contributed by atoms with Gasteiger partial charge in [-0.2, -0.15) is 0 Å². The summed E-state index contributed by atoms with van der Waals surface area (Å²) in [7, 11) is 0. The van der Waals surface area contributed by atoms with Gasteiger partial charge in [-0.05, 0) is 49.2 Å². The fraction of sp³-hybridized carbons (Fsp3) is 0.286. The monoisotopic (exact) mass is 466 g/mol. The number of benzene rings is 2. The molecule has 0 bridgehead atoms. The Morgan fingerprint density at radius 3 is 2.60 bits per heavy atom. The molecule has 0 fully saturated rings. The van der Waals surface area contributed by atoms with E-state index in [0.29, 0.717) is 38.9 Å². The van der Waals surface area contributed by atoms with Crippen LogP contribution in [0.25, 0.3) is 5.69 Å². The molecule has 3 aromatic rings. The lowest BCUT2D eigenvalue weighted by Crippen LogP contribution is -2.28. The van der Waals surface area contributed by atoms with E-state index in [1.807, 2.05) is 18.4 Å². The van der Waals surface area contributed by atoms with Crippen LogP contribution in [-0.4, -0.2) is 20.7 Å². The van der Waals surface area contributed by atoms with Gasteiger partial charge in [0, 0.05) is 17.2 Å². The Morgan fingerprint density at radius 2 is 1.93 bits per heavy atom. The third-order valence-electron chi connectivity index (χ3n) is 4.33. The first-order chi connectivity index (χ1) is 14.4. The van der Waals surface area contributed by atoms with Crippen LogP contribution in [0.3, 0.4) is 0 Å². The molecule has 0 aliphatic rings. The zero-order chi connectivity index (χ0) is 21.7. The van der Waals surface area contributed by atoms with Crippen LogP contribution in [0.2, 0.25) is 10.0 Å². The van der Waals surface area contributed by atoms with Crippen molar-refractivity contribution in [3.8, 4) is 5.69 Å². The molecule has 1 N–H and O–H groups in total. The highest BCUT2D eigenvalue weighted by Crippen LogP contribution is 2.32. The standard InChI is InChI=1S/C21H21Cl2FN4OS/c1-3-4-19(29)25-13(2)20-26-27-21(30-12-14-5-8-16(24)9-6-14)28(20)18-10-7-15(22)11-17(18)23/h5-11,13H,3-4,12H2,1-2H3,(H,25,29). The molecular weight excluding hydrogens is 446 g/mol. The minimum Gasteiger partial charge on any atom is -0.346 e. The molecule has 0 saturated carbocycles. The molecular formula is C21H21Cl2FN4OS. The largest absolute Gasteiger partial charge is 0.346 e. The number of nitrogens with one attached hydrogen (secondary N) is 1.